The van der Waals surface area contributed by atoms with E-state index in [-0.39, 0.29) is 10.4 Å². The van der Waals surface area contributed by atoms with E-state index < -0.39 is 0 Å². The van der Waals surface area contributed by atoms with Crippen LogP contribution >= 0.6 is 11.3 Å². The second-order valence-corrected chi connectivity index (χ2v) is 6.36. The number of thiazole rings is 1. The monoisotopic (exact) mass is 242 g/mol. The highest BCUT2D eigenvalue weighted by molar-refractivity contribution is 7.09. The fraction of sp³-hybridized carbons (Fsp3) is 0.750. The molecule has 1 heterocycles. The molecule has 0 aliphatic carbocycles. The van der Waals surface area contributed by atoms with Gasteiger partial charge in [0.2, 0.25) is 0 Å². The van der Waals surface area contributed by atoms with E-state index in [1.54, 1.807) is 0 Å². The van der Waals surface area contributed by atoms with Crippen molar-refractivity contribution in [3.05, 3.63) is 20.2 Å². The number of nitrogens with one attached hydrogen (secondary N) is 1. The zero-order chi connectivity index (χ0) is 12.3. The Labute approximate surface area is 101 Å². The van der Waals surface area contributed by atoms with Crippen LogP contribution < -0.4 is 10.2 Å². The second kappa shape index (κ2) is 5.15. The number of rotatable bonds is 4. The minimum atomic E-state index is 0.157. The normalized spacial score (nSPS) is 12.1. The van der Waals surface area contributed by atoms with Gasteiger partial charge in [-0.1, -0.05) is 11.3 Å². The van der Waals surface area contributed by atoms with Crippen LogP contribution in [0.1, 0.15) is 37.8 Å². The van der Waals surface area contributed by atoms with Gasteiger partial charge in [0.1, 0.15) is 0 Å². The molecule has 1 rings (SSSR count). The Hall–Kier alpha value is -0.610. The third-order valence-electron chi connectivity index (χ3n) is 2.59. The van der Waals surface area contributed by atoms with Gasteiger partial charge in [0.05, 0.1) is 0 Å². The van der Waals surface area contributed by atoms with E-state index in [2.05, 4.69) is 26.1 Å². The summed E-state index contributed by atoms with van der Waals surface area (Å²) in [6.07, 6.45) is 0.994. The standard InChI is InChI=1S/C12H22N2OS/c1-9-10(2)16-11(15)14(9)8-6-7-13-12(3,4)5/h13H,6-8H2,1-5H3. The summed E-state index contributed by atoms with van der Waals surface area (Å²) in [7, 11) is 0. The van der Waals surface area contributed by atoms with E-state index in [1.165, 1.54) is 11.3 Å². The molecule has 0 saturated heterocycles. The Morgan fingerprint density at radius 3 is 2.38 bits per heavy atom. The molecular weight excluding hydrogens is 220 g/mol. The van der Waals surface area contributed by atoms with Crippen molar-refractivity contribution < 1.29 is 0 Å². The van der Waals surface area contributed by atoms with Crippen LogP contribution in [0.5, 0.6) is 0 Å². The summed E-state index contributed by atoms with van der Waals surface area (Å²) in [6.45, 7) is 12.2. The van der Waals surface area contributed by atoms with Crippen molar-refractivity contribution >= 4 is 11.3 Å². The highest BCUT2D eigenvalue weighted by Gasteiger charge is 2.09. The Kier molecular flexibility index (Phi) is 4.33. The van der Waals surface area contributed by atoms with Gasteiger partial charge in [-0.2, -0.15) is 0 Å². The Morgan fingerprint density at radius 2 is 1.94 bits per heavy atom. The summed E-state index contributed by atoms with van der Waals surface area (Å²) in [5.41, 5.74) is 1.27. The van der Waals surface area contributed by atoms with Gasteiger partial charge in [0.25, 0.3) is 0 Å². The summed E-state index contributed by atoms with van der Waals surface area (Å²) in [6, 6.07) is 0. The summed E-state index contributed by atoms with van der Waals surface area (Å²) in [5.74, 6) is 0. The van der Waals surface area contributed by atoms with Crippen LogP contribution in [-0.4, -0.2) is 16.7 Å². The molecule has 0 aliphatic rings. The fourth-order valence-corrected chi connectivity index (χ4v) is 2.40. The maximum atomic E-state index is 11.6. The van der Waals surface area contributed by atoms with Crippen molar-refractivity contribution in [2.75, 3.05) is 6.54 Å². The maximum absolute atomic E-state index is 11.6. The number of aryl methyl sites for hydroxylation is 1. The molecule has 0 aliphatic heterocycles. The predicted molar refractivity (Wildman–Crippen MR) is 70.4 cm³/mol. The molecule has 0 unspecified atom stereocenters. The van der Waals surface area contributed by atoms with Crippen LogP contribution in [0, 0.1) is 13.8 Å². The average molecular weight is 242 g/mol. The molecule has 1 N–H and O–H groups in total. The molecule has 4 heteroatoms. The number of aromatic nitrogens is 1. The molecule has 3 nitrogen and oxygen atoms in total. The van der Waals surface area contributed by atoms with Crippen molar-refractivity contribution in [2.45, 2.75) is 53.1 Å². The quantitative estimate of drug-likeness (QED) is 0.822. The minimum Gasteiger partial charge on any atom is -0.312 e. The van der Waals surface area contributed by atoms with Crippen molar-refractivity contribution in [3.63, 3.8) is 0 Å². The molecule has 0 fully saturated rings. The topological polar surface area (TPSA) is 34.0 Å². The van der Waals surface area contributed by atoms with Crippen molar-refractivity contribution in [1.29, 1.82) is 0 Å². The molecule has 16 heavy (non-hydrogen) atoms. The lowest BCUT2D eigenvalue weighted by atomic mass is 10.1. The molecule has 0 spiro atoms. The summed E-state index contributed by atoms with van der Waals surface area (Å²) < 4.78 is 1.88. The van der Waals surface area contributed by atoms with Crippen LogP contribution in [0.2, 0.25) is 0 Å². The largest absolute Gasteiger partial charge is 0.312 e. The van der Waals surface area contributed by atoms with Gasteiger partial charge in [-0.3, -0.25) is 4.79 Å². The van der Waals surface area contributed by atoms with E-state index in [0.29, 0.717) is 0 Å². The number of hydrogen-bond donors (Lipinski definition) is 1. The Bertz CT molecular complexity index is 398. The van der Waals surface area contributed by atoms with Gasteiger partial charge in [-0.15, -0.1) is 0 Å². The third kappa shape index (κ3) is 3.76. The minimum absolute atomic E-state index is 0.157. The van der Waals surface area contributed by atoms with Gasteiger partial charge in [0, 0.05) is 22.7 Å². The van der Waals surface area contributed by atoms with E-state index in [4.69, 9.17) is 0 Å². The van der Waals surface area contributed by atoms with Crippen molar-refractivity contribution in [2.24, 2.45) is 0 Å². The first-order valence-corrected chi connectivity index (χ1v) is 6.55. The molecule has 0 saturated carbocycles. The van der Waals surface area contributed by atoms with Crippen LogP contribution in [0.25, 0.3) is 0 Å². The van der Waals surface area contributed by atoms with Crippen LogP contribution in [-0.2, 0) is 6.54 Å². The zero-order valence-electron chi connectivity index (χ0n) is 10.9. The molecule has 0 amide bonds. The maximum Gasteiger partial charge on any atom is 0.307 e. The van der Waals surface area contributed by atoms with Crippen LogP contribution in [0.3, 0.4) is 0 Å². The average Bonchev–Trinajstić information content (AvgIpc) is 2.36. The van der Waals surface area contributed by atoms with Gasteiger partial charge < -0.3 is 9.88 Å². The van der Waals surface area contributed by atoms with Gasteiger partial charge in [-0.05, 0) is 47.6 Å². The molecule has 0 atom stereocenters. The lowest BCUT2D eigenvalue weighted by Crippen LogP contribution is -2.36. The van der Waals surface area contributed by atoms with Gasteiger partial charge in [0.15, 0.2) is 0 Å². The molecule has 0 aromatic carbocycles. The van der Waals surface area contributed by atoms with Crippen molar-refractivity contribution in [3.8, 4) is 0 Å². The van der Waals surface area contributed by atoms with Gasteiger partial charge >= 0.3 is 4.87 Å². The highest BCUT2D eigenvalue weighted by atomic mass is 32.1. The molecule has 1 aromatic rings. The Morgan fingerprint density at radius 1 is 1.31 bits per heavy atom. The lowest BCUT2D eigenvalue weighted by Gasteiger charge is -2.20. The number of nitrogens with zero attached hydrogens (tertiary/aromatic N) is 1. The molecule has 1 aromatic heterocycles. The van der Waals surface area contributed by atoms with E-state index >= 15 is 0 Å². The van der Waals surface area contributed by atoms with E-state index in [1.807, 2.05) is 18.4 Å². The smallest absolute Gasteiger partial charge is 0.307 e. The first-order chi connectivity index (χ1) is 7.31. The third-order valence-corrected chi connectivity index (χ3v) is 3.59. The fourth-order valence-electron chi connectivity index (χ4n) is 1.55. The summed E-state index contributed by atoms with van der Waals surface area (Å²) in [4.78, 5) is 12.9. The SMILES string of the molecule is Cc1sc(=O)n(CCCNC(C)(C)C)c1C. The molecule has 92 valence electrons. The lowest BCUT2D eigenvalue weighted by molar-refractivity contribution is 0.412. The molecule has 0 bridgehead atoms. The summed E-state index contributed by atoms with van der Waals surface area (Å²) in [5, 5.41) is 3.43. The van der Waals surface area contributed by atoms with E-state index in [0.717, 1.165) is 30.1 Å². The van der Waals surface area contributed by atoms with Crippen LogP contribution in [0.4, 0.5) is 0 Å². The first-order valence-electron chi connectivity index (χ1n) is 5.73. The summed E-state index contributed by atoms with van der Waals surface area (Å²) >= 11 is 1.35. The molecule has 0 radical (unpaired) electrons. The first kappa shape index (κ1) is 13.5. The predicted octanol–water partition coefficient (Wildman–Crippen LogP) is 2.30. The van der Waals surface area contributed by atoms with Crippen LogP contribution in [0.15, 0.2) is 4.79 Å². The Balaban J connectivity index is 2.47. The number of hydrogen-bond acceptors (Lipinski definition) is 3. The molecular formula is C12H22N2OS. The highest BCUT2D eigenvalue weighted by Crippen LogP contribution is 2.09. The van der Waals surface area contributed by atoms with Crippen molar-refractivity contribution in [1.82, 2.24) is 9.88 Å². The van der Waals surface area contributed by atoms with Gasteiger partial charge in [-0.25, -0.2) is 0 Å². The zero-order valence-corrected chi connectivity index (χ0v) is 11.7. The second-order valence-electron chi connectivity index (χ2n) is 5.19. The van der Waals surface area contributed by atoms with E-state index in [9.17, 15) is 4.79 Å².